The zero-order chi connectivity index (χ0) is 25.3. The fourth-order valence-corrected chi connectivity index (χ4v) is 4.04. The number of hydrogen-bond donors (Lipinski definition) is 1. The topological polar surface area (TPSA) is 108 Å². The average molecular weight is 502 g/mol. The van der Waals surface area contributed by atoms with Crippen LogP contribution in [-0.4, -0.2) is 45.7 Å². The van der Waals surface area contributed by atoms with Gasteiger partial charge in [0, 0.05) is 18.2 Å². The monoisotopic (exact) mass is 501 g/mol. The van der Waals surface area contributed by atoms with E-state index in [4.69, 9.17) is 9.47 Å². The molecule has 10 heteroatoms. The summed E-state index contributed by atoms with van der Waals surface area (Å²) in [7, 11) is 1.47. The quantitative estimate of drug-likeness (QED) is 0.121. The lowest BCUT2D eigenvalue weighted by Crippen LogP contribution is -2.20. The number of hydrazone groups is 1. The number of nitrogens with zero attached hydrogens (tertiary/aromatic N) is 4. The minimum Gasteiger partial charge on any atom is -0.493 e. The van der Waals surface area contributed by atoms with E-state index in [1.807, 2.05) is 65.2 Å². The van der Waals surface area contributed by atoms with Crippen LogP contribution in [0.1, 0.15) is 12.5 Å². The van der Waals surface area contributed by atoms with E-state index in [9.17, 15) is 9.59 Å². The minimum atomic E-state index is -0.446. The largest absolute Gasteiger partial charge is 0.493 e. The maximum atomic E-state index is 12.4. The van der Waals surface area contributed by atoms with E-state index in [1.165, 1.54) is 32.0 Å². The first kappa shape index (κ1) is 24.7. The first-order valence-electron chi connectivity index (χ1n) is 10.9. The fraction of sp³-hybridized carbons (Fsp3) is 0.115. The van der Waals surface area contributed by atoms with Crippen molar-refractivity contribution in [1.82, 2.24) is 20.2 Å². The van der Waals surface area contributed by atoms with Crippen molar-refractivity contribution in [2.24, 2.45) is 5.10 Å². The van der Waals surface area contributed by atoms with Crippen molar-refractivity contribution in [2.75, 3.05) is 12.9 Å². The summed E-state index contributed by atoms with van der Waals surface area (Å²) in [6.07, 6.45) is 1.47. The number of thioether (sulfide) groups is 1. The van der Waals surface area contributed by atoms with Gasteiger partial charge in [-0.05, 0) is 35.9 Å². The molecule has 0 unspecified atom stereocenters. The Morgan fingerprint density at radius 2 is 1.72 bits per heavy atom. The lowest BCUT2D eigenvalue weighted by Gasteiger charge is -2.10. The van der Waals surface area contributed by atoms with Crippen LogP contribution in [0.3, 0.4) is 0 Å². The van der Waals surface area contributed by atoms with Crippen molar-refractivity contribution >= 4 is 29.9 Å². The first-order valence-corrected chi connectivity index (χ1v) is 11.9. The van der Waals surface area contributed by atoms with Crippen LogP contribution in [0.25, 0.3) is 17.1 Å². The number of amides is 1. The molecule has 3 aromatic carbocycles. The molecule has 1 amide bonds. The summed E-state index contributed by atoms with van der Waals surface area (Å²) in [4.78, 5) is 23.6. The number of rotatable bonds is 9. The molecule has 4 aromatic rings. The number of aromatic nitrogens is 3. The van der Waals surface area contributed by atoms with Gasteiger partial charge in [0.1, 0.15) is 0 Å². The number of nitrogens with one attached hydrogen (secondary N) is 1. The van der Waals surface area contributed by atoms with Gasteiger partial charge in [-0.1, -0.05) is 60.3 Å². The van der Waals surface area contributed by atoms with E-state index in [1.54, 1.807) is 18.2 Å². The van der Waals surface area contributed by atoms with Crippen LogP contribution in [0, 0.1) is 0 Å². The van der Waals surface area contributed by atoms with E-state index in [-0.39, 0.29) is 11.7 Å². The Hall–Kier alpha value is -4.44. The summed E-state index contributed by atoms with van der Waals surface area (Å²) in [5, 5.41) is 13.3. The Bertz CT molecular complexity index is 1370. The van der Waals surface area contributed by atoms with Gasteiger partial charge >= 0.3 is 5.97 Å². The van der Waals surface area contributed by atoms with Crippen LogP contribution >= 0.6 is 11.8 Å². The van der Waals surface area contributed by atoms with Crippen LogP contribution < -0.4 is 14.9 Å². The lowest BCUT2D eigenvalue weighted by molar-refractivity contribution is -0.132. The van der Waals surface area contributed by atoms with Gasteiger partial charge in [0.25, 0.3) is 5.91 Å². The first-order chi connectivity index (χ1) is 17.5. The molecule has 0 radical (unpaired) electrons. The fourth-order valence-electron chi connectivity index (χ4n) is 3.29. The van der Waals surface area contributed by atoms with Crippen LogP contribution in [0.2, 0.25) is 0 Å². The Balaban J connectivity index is 1.43. The van der Waals surface area contributed by atoms with Gasteiger partial charge in [-0.25, -0.2) is 5.43 Å². The number of hydrogen-bond acceptors (Lipinski definition) is 8. The van der Waals surface area contributed by atoms with Gasteiger partial charge in [0.2, 0.25) is 0 Å². The summed E-state index contributed by atoms with van der Waals surface area (Å²) >= 11 is 1.26. The predicted molar refractivity (Wildman–Crippen MR) is 138 cm³/mol. The molecule has 9 nitrogen and oxygen atoms in total. The van der Waals surface area contributed by atoms with E-state index >= 15 is 0 Å². The molecule has 0 saturated heterocycles. The summed E-state index contributed by atoms with van der Waals surface area (Å²) in [6.45, 7) is 1.31. The Morgan fingerprint density at radius 1 is 1.00 bits per heavy atom. The van der Waals surface area contributed by atoms with Gasteiger partial charge in [-0.2, -0.15) is 5.10 Å². The zero-order valence-corrected chi connectivity index (χ0v) is 20.4. The van der Waals surface area contributed by atoms with Gasteiger partial charge in [-0.15, -0.1) is 10.2 Å². The SMILES string of the molecule is COc1cc(C=NNC(=O)CSc2nnc(-c3ccccc3)n2-c2ccccc2)ccc1OC(C)=O. The van der Waals surface area contributed by atoms with E-state index < -0.39 is 5.97 Å². The molecule has 0 atom stereocenters. The highest BCUT2D eigenvalue weighted by molar-refractivity contribution is 7.99. The molecule has 1 heterocycles. The molecular weight excluding hydrogens is 478 g/mol. The molecule has 4 rings (SSSR count). The number of esters is 1. The summed E-state index contributed by atoms with van der Waals surface area (Å²) in [5.74, 6) is 0.715. The Morgan fingerprint density at radius 3 is 2.42 bits per heavy atom. The Kier molecular flexibility index (Phi) is 8.09. The van der Waals surface area contributed by atoms with Crippen molar-refractivity contribution < 1.29 is 19.1 Å². The summed E-state index contributed by atoms with van der Waals surface area (Å²) < 4.78 is 12.2. The van der Waals surface area contributed by atoms with Gasteiger partial charge in [0.05, 0.1) is 19.1 Å². The highest BCUT2D eigenvalue weighted by atomic mass is 32.2. The molecule has 0 fully saturated rings. The number of benzene rings is 3. The number of ether oxygens (including phenoxy) is 2. The predicted octanol–water partition coefficient (Wildman–Crippen LogP) is 4.11. The second kappa shape index (κ2) is 11.8. The summed E-state index contributed by atoms with van der Waals surface area (Å²) in [6, 6.07) is 24.4. The molecule has 0 spiro atoms. The van der Waals surface area contributed by atoms with Crippen LogP contribution in [0.4, 0.5) is 0 Å². The second-order valence-corrected chi connectivity index (χ2v) is 8.37. The molecule has 36 heavy (non-hydrogen) atoms. The summed E-state index contributed by atoms with van der Waals surface area (Å²) in [5.41, 5.74) is 4.99. The number of para-hydroxylation sites is 1. The molecule has 0 aliphatic carbocycles. The van der Waals surface area contributed by atoms with Crippen molar-refractivity contribution in [3.05, 3.63) is 84.4 Å². The maximum Gasteiger partial charge on any atom is 0.308 e. The average Bonchev–Trinajstić information content (AvgIpc) is 3.33. The van der Waals surface area contributed by atoms with Crippen molar-refractivity contribution in [1.29, 1.82) is 0 Å². The van der Waals surface area contributed by atoms with Gasteiger partial charge in [-0.3, -0.25) is 14.2 Å². The smallest absolute Gasteiger partial charge is 0.308 e. The van der Waals surface area contributed by atoms with E-state index in [2.05, 4.69) is 20.7 Å². The third-order valence-electron chi connectivity index (χ3n) is 4.86. The highest BCUT2D eigenvalue weighted by Crippen LogP contribution is 2.28. The molecule has 0 aliphatic heterocycles. The van der Waals surface area contributed by atoms with Crippen molar-refractivity contribution in [2.45, 2.75) is 12.1 Å². The van der Waals surface area contributed by atoms with Gasteiger partial charge < -0.3 is 9.47 Å². The van der Waals surface area contributed by atoms with E-state index in [0.717, 1.165) is 11.3 Å². The van der Waals surface area contributed by atoms with Crippen molar-refractivity contribution in [3.8, 4) is 28.6 Å². The number of carbonyl (C=O) groups is 2. The highest BCUT2D eigenvalue weighted by Gasteiger charge is 2.17. The lowest BCUT2D eigenvalue weighted by atomic mass is 10.2. The molecular formula is C26H23N5O4S. The minimum absolute atomic E-state index is 0.0891. The standard InChI is InChI=1S/C26H23N5O4S/c1-18(32)35-22-14-13-19(15-23(22)34-2)16-27-28-24(33)17-36-26-30-29-25(20-9-5-3-6-10-20)31(26)21-11-7-4-8-12-21/h3-16H,17H2,1-2H3,(H,28,33). The molecule has 0 bridgehead atoms. The number of methoxy groups -OCH3 is 1. The van der Waals surface area contributed by atoms with Crippen LogP contribution in [0.5, 0.6) is 11.5 Å². The molecule has 1 N–H and O–H groups in total. The third kappa shape index (κ3) is 6.16. The van der Waals surface area contributed by atoms with Gasteiger partial charge in [0.15, 0.2) is 22.5 Å². The second-order valence-electron chi connectivity index (χ2n) is 7.43. The molecule has 0 aliphatic rings. The van der Waals surface area contributed by atoms with Crippen LogP contribution in [0.15, 0.2) is 89.1 Å². The normalized spacial score (nSPS) is 10.8. The zero-order valence-electron chi connectivity index (χ0n) is 19.6. The Labute approximate surface area is 212 Å². The molecule has 0 saturated carbocycles. The maximum absolute atomic E-state index is 12.4. The third-order valence-corrected chi connectivity index (χ3v) is 5.79. The molecule has 1 aromatic heterocycles. The van der Waals surface area contributed by atoms with Crippen LogP contribution in [-0.2, 0) is 9.59 Å². The van der Waals surface area contributed by atoms with Crippen molar-refractivity contribution in [3.63, 3.8) is 0 Å². The number of carbonyl (C=O) groups excluding carboxylic acids is 2. The molecule has 182 valence electrons. The van der Waals surface area contributed by atoms with E-state index in [0.29, 0.717) is 28.0 Å².